The maximum atomic E-state index is 4.78. The summed E-state index contributed by atoms with van der Waals surface area (Å²) in [5.41, 5.74) is 13.1. The Kier molecular flexibility index (Phi) is 6.56. The highest BCUT2D eigenvalue weighted by Crippen LogP contribution is 2.40. The highest BCUT2D eigenvalue weighted by Gasteiger charge is 2.17. The molecule has 0 spiro atoms. The Morgan fingerprint density at radius 1 is 0.380 bits per heavy atom. The quantitative estimate of drug-likeness (QED) is 0.179. The molecule has 7 aromatic carbocycles. The Bertz CT molecular complexity index is 2720. The molecule has 0 saturated carbocycles. The third-order valence-electron chi connectivity index (χ3n) is 10.1. The number of hydrogen-bond acceptors (Lipinski definition) is 0. The average molecular weight is 639 g/mol. The van der Waals surface area contributed by atoms with Crippen LogP contribution in [0.5, 0.6) is 0 Å². The molecule has 3 nitrogen and oxygen atoms in total. The summed E-state index contributed by atoms with van der Waals surface area (Å²) in [4.78, 5) is 0. The van der Waals surface area contributed by atoms with Gasteiger partial charge in [0.1, 0.15) is 0 Å². The molecule has 0 N–H and O–H groups in total. The summed E-state index contributed by atoms with van der Waals surface area (Å²) in [6.45, 7) is 0. The number of para-hydroxylation sites is 2. The van der Waals surface area contributed by atoms with Crippen LogP contribution in [0.4, 0.5) is 0 Å². The molecule has 236 valence electrons. The first kappa shape index (κ1) is 28.4. The largest absolute Gasteiger partial charge is 0.668 e. The summed E-state index contributed by atoms with van der Waals surface area (Å²) in [6.07, 6.45) is 8.06. The molecule has 0 fully saturated rings. The molecule has 1 aliphatic heterocycles. The lowest BCUT2D eigenvalue weighted by Crippen LogP contribution is -2.05. The molecule has 3 heteroatoms. The topological polar surface area (TPSA) is 24.0 Å². The van der Waals surface area contributed by atoms with Crippen LogP contribution >= 0.6 is 0 Å². The summed E-state index contributed by atoms with van der Waals surface area (Å²) >= 11 is 0. The highest BCUT2D eigenvalue weighted by molar-refractivity contribution is 6.12. The van der Waals surface area contributed by atoms with Gasteiger partial charge in [0.2, 0.25) is 0 Å². The molecule has 50 heavy (non-hydrogen) atoms. The summed E-state index contributed by atoms with van der Waals surface area (Å²) in [7, 11) is 0. The minimum absolute atomic E-state index is 0.0569. The summed E-state index contributed by atoms with van der Waals surface area (Å²) in [5.74, 6) is 0. The molecule has 1 unspecified atom stereocenters. The molecule has 0 aliphatic carbocycles. The monoisotopic (exact) mass is 638 g/mol. The smallest absolute Gasteiger partial charge is 0.0541 e. The van der Waals surface area contributed by atoms with Crippen LogP contribution in [0.1, 0.15) is 6.17 Å². The molecule has 1 aliphatic rings. The van der Waals surface area contributed by atoms with E-state index in [4.69, 9.17) is 5.32 Å². The van der Waals surface area contributed by atoms with Gasteiger partial charge in [0, 0.05) is 38.3 Å². The van der Waals surface area contributed by atoms with Crippen LogP contribution < -0.4 is 0 Å². The number of nitrogens with zero attached hydrogens (tertiary/aromatic N) is 3. The van der Waals surface area contributed by atoms with Gasteiger partial charge in [0.25, 0.3) is 0 Å². The van der Waals surface area contributed by atoms with E-state index in [9.17, 15) is 0 Å². The fraction of sp³-hybridized carbons (Fsp3) is 0.0213. The minimum atomic E-state index is -0.0569. The molecule has 9 aromatic rings. The lowest BCUT2D eigenvalue weighted by atomic mass is 9.98. The predicted molar refractivity (Wildman–Crippen MR) is 211 cm³/mol. The lowest BCUT2D eigenvalue weighted by Gasteiger charge is -2.32. The van der Waals surface area contributed by atoms with E-state index in [1.165, 1.54) is 77.0 Å². The standard InChI is InChI=1S/C47H32N3/c1-3-13-32(14-4-1)36-27-37(33-15-5-2-6-16-33)29-38(28-36)49-43-19-9-7-17-39(43)41-30-34(22-24-45(41)49)35-23-25-46-42(31-35)40-18-8-10-20-44(40)50(46)47-21-11-12-26-48-47/h1-31,47H/q-1. The molecular formula is C47H32N3-. The second kappa shape index (κ2) is 11.5. The van der Waals surface area contributed by atoms with Gasteiger partial charge in [-0.1, -0.05) is 127 Å². The number of fused-ring (bicyclic) bond motifs is 6. The Morgan fingerprint density at radius 3 is 1.54 bits per heavy atom. The molecule has 3 heterocycles. The van der Waals surface area contributed by atoms with Crippen molar-refractivity contribution in [1.82, 2.24) is 9.13 Å². The molecule has 10 rings (SSSR count). The molecule has 1 atom stereocenters. The zero-order valence-corrected chi connectivity index (χ0v) is 27.3. The van der Waals surface area contributed by atoms with Gasteiger partial charge in [0.15, 0.2) is 0 Å². The van der Waals surface area contributed by atoms with E-state index in [0.29, 0.717) is 0 Å². The second-order valence-electron chi connectivity index (χ2n) is 13.0. The van der Waals surface area contributed by atoms with Crippen LogP contribution in [0.2, 0.25) is 0 Å². The van der Waals surface area contributed by atoms with Crippen LogP contribution in [0, 0.1) is 0 Å². The van der Waals surface area contributed by atoms with Gasteiger partial charge >= 0.3 is 0 Å². The second-order valence-corrected chi connectivity index (χ2v) is 13.0. The van der Waals surface area contributed by atoms with Gasteiger partial charge in [-0.05, 0) is 94.1 Å². The van der Waals surface area contributed by atoms with Gasteiger partial charge in [-0.2, -0.15) is 6.20 Å². The molecule has 2 aromatic heterocycles. The maximum absolute atomic E-state index is 4.78. The van der Waals surface area contributed by atoms with Gasteiger partial charge in [-0.3, -0.25) is 0 Å². The van der Waals surface area contributed by atoms with Crippen molar-refractivity contribution in [1.29, 1.82) is 0 Å². The Balaban J connectivity index is 1.16. The summed E-state index contributed by atoms with van der Waals surface area (Å²) < 4.78 is 4.78. The number of aromatic nitrogens is 2. The van der Waals surface area contributed by atoms with E-state index in [2.05, 4.69) is 185 Å². The Hall–Kier alpha value is -6.58. The van der Waals surface area contributed by atoms with Crippen molar-refractivity contribution < 1.29 is 0 Å². The molecule has 0 bridgehead atoms. The van der Waals surface area contributed by atoms with Gasteiger partial charge < -0.3 is 14.5 Å². The fourth-order valence-corrected chi connectivity index (χ4v) is 7.79. The van der Waals surface area contributed by atoms with Crippen LogP contribution in [0.3, 0.4) is 0 Å². The zero-order valence-electron chi connectivity index (χ0n) is 27.3. The van der Waals surface area contributed by atoms with E-state index in [1.807, 2.05) is 12.3 Å². The van der Waals surface area contributed by atoms with Crippen molar-refractivity contribution in [3.63, 3.8) is 0 Å². The van der Waals surface area contributed by atoms with E-state index in [1.54, 1.807) is 0 Å². The fourth-order valence-electron chi connectivity index (χ4n) is 7.79. The van der Waals surface area contributed by atoms with E-state index < -0.39 is 0 Å². The average Bonchev–Trinajstić information content (AvgIpc) is 3.71. The van der Waals surface area contributed by atoms with Crippen molar-refractivity contribution in [2.45, 2.75) is 6.17 Å². The Morgan fingerprint density at radius 2 is 0.900 bits per heavy atom. The van der Waals surface area contributed by atoms with Crippen molar-refractivity contribution in [3.05, 3.63) is 194 Å². The van der Waals surface area contributed by atoms with E-state index >= 15 is 0 Å². The van der Waals surface area contributed by atoms with Crippen LogP contribution in [0.15, 0.2) is 188 Å². The van der Waals surface area contributed by atoms with Crippen molar-refractivity contribution in [2.75, 3.05) is 0 Å². The minimum Gasteiger partial charge on any atom is -0.668 e. The highest BCUT2D eigenvalue weighted by atomic mass is 15.2. The molecular weight excluding hydrogens is 607 g/mol. The third-order valence-corrected chi connectivity index (χ3v) is 10.1. The first-order valence-corrected chi connectivity index (χ1v) is 17.2. The third kappa shape index (κ3) is 4.59. The lowest BCUT2D eigenvalue weighted by molar-refractivity contribution is 0.753. The molecule has 0 saturated heterocycles. The van der Waals surface area contributed by atoms with Crippen molar-refractivity contribution in [2.24, 2.45) is 0 Å². The number of benzene rings is 7. The number of hydrogen-bond donors (Lipinski definition) is 0. The van der Waals surface area contributed by atoms with Crippen LogP contribution in [0.25, 0.3) is 88.0 Å². The van der Waals surface area contributed by atoms with Crippen molar-refractivity contribution >= 4 is 43.6 Å². The maximum Gasteiger partial charge on any atom is 0.0541 e. The normalized spacial score (nSPS) is 14.2. The molecule has 0 amide bonds. The summed E-state index contributed by atoms with van der Waals surface area (Å²) in [6, 6.07) is 59.6. The zero-order chi connectivity index (χ0) is 33.0. The van der Waals surface area contributed by atoms with Gasteiger partial charge in [-0.15, -0.1) is 0 Å². The Labute approximate surface area is 290 Å². The van der Waals surface area contributed by atoms with Gasteiger partial charge in [-0.25, -0.2) is 0 Å². The first-order chi connectivity index (χ1) is 24.8. The molecule has 0 radical (unpaired) electrons. The van der Waals surface area contributed by atoms with Crippen LogP contribution in [-0.4, -0.2) is 9.13 Å². The van der Waals surface area contributed by atoms with E-state index in [-0.39, 0.29) is 6.17 Å². The first-order valence-electron chi connectivity index (χ1n) is 17.2. The predicted octanol–water partition coefficient (Wildman–Crippen LogP) is 12.8. The summed E-state index contributed by atoms with van der Waals surface area (Å²) in [5, 5.41) is 9.75. The van der Waals surface area contributed by atoms with Crippen molar-refractivity contribution in [3.8, 4) is 39.1 Å². The van der Waals surface area contributed by atoms with Gasteiger partial charge in [0.05, 0.1) is 11.0 Å². The van der Waals surface area contributed by atoms with E-state index in [0.717, 1.165) is 5.69 Å². The number of allylic oxidation sites excluding steroid dienone is 2. The number of rotatable bonds is 5. The SMILES string of the molecule is C1=C[N-]C(n2c3ccccc3c3cc(-c4ccc5c(c4)c4ccccc4n5-c4cc(-c5ccccc5)cc(-c5ccccc5)c4)ccc32)C=C1. The van der Waals surface area contributed by atoms with Crippen LogP contribution in [-0.2, 0) is 0 Å².